The number of fused-ring (bicyclic) bond motifs is 3. The first kappa shape index (κ1) is 25.1. The van der Waals surface area contributed by atoms with Gasteiger partial charge in [0.2, 0.25) is 0 Å². The van der Waals surface area contributed by atoms with Crippen LogP contribution in [0.1, 0.15) is 70.9 Å². The summed E-state index contributed by atoms with van der Waals surface area (Å²) in [4.78, 5) is 26.1. The summed E-state index contributed by atoms with van der Waals surface area (Å²) in [5, 5.41) is 5.88. The number of esters is 1. The summed E-state index contributed by atoms with van der Waals surface area (Å²) in [5.74, 6) is 0.774. The van der Waals surface area contributed by atoms with Crippen LogP contribution in [0, 0.1) is 11.3 Å². The standard InChI is InChI=1S/C32H35NO4/c1-6-36-27-16-21(12-14-26(27)37-28(35)15-19(2)3)29-30-22-10-8-7-9-20(22)11-13-23(30)33-24-17-32(4,5)18-25(34)31(24)29/h7-14,16,19,29,33H,6,15,17-18H2,1-5H3. The van der Waals surface area contributed by atoms with Gasteiger partial charge < -0.3 is 14.8 Å². The van der Waals surface area contributed by atoms with Crippen molar-refractivity contribution >= 4 is 28.2 Å². The summed E-state index contributed by atoms with van der Waals surface area (Å²) in [5.41, 5.74) is 4.80. The number of nitrogens with one attached hydrogen (secondary N) is 1. The maximum atomic E-state index is 13.7. The highest BCUT2D eigenvalue weighted by Gasteiger charge is 2.41. The SMILES string of the molecule is CCOc1cc(C2C3=C(CC(C)(C)CC3=O)Nc3ccc4ccccc4c32)ccc1OC(=O)CC(C)C. The van der Waals surface area contributed by atoms with Crippen LogP contribution < -0.4 is 14.8 Å². The highest BCUT2D eigenvalue weighted by molar-refractivity contribution is 6.04. The van der Waals surface area contributed by atoms with Crippen LogP contribution in [0.3, 0.4) is 0 Å². The lowest BCUT2D eigenvalue weighted by Crippen LogP contribution is -2.33. The van der Waals surface area contributed by atoms with E-state index in [-0.39, 0.29) is 29.0 Å². The van der Waals surface area contributed by atoms with Crippen LogP contribution in [0.25, 0.3) is 10.8 Å². The van der Waals surface area contributed by atoms with Gasteiger partial charge in [-0.1, -0.05) is 64.1 Å². The van der Waals surface area contributed by atoms with Gasteiger partial charge in [0.25, 0.3) is 0 Å². The van der Waals surface area contributed by atoms with Gasteiger partial charge in [-0.2, -0.15) is 0 Å². The first-order chi connectivity index (χ1) is 17.7. The topological polar surface area (TPSA) is 64.6 Å². The number of carbonyl (C=O) groups excluding carboxylic acids is 2. The second-order valence-corrected chi connectivity index (χ2v) is 11.4. The van der Waals surface area contributed by atoms with Crippen molar-refractivity contribution in [1.29, 1.82) is 0 Å². The number of rotatable bonds is 6. The molecule has 1 N–H and O–H groups in total. The van der Waals surface area contributed by atoms with Crippen molar-refractivity contribution in [2.75, 3.05) is 11.9 Å². The number of ether oxygens (including phenoxy) is 2. The third-order valence-electron chi connectivity index (χ3n) is 7.15. The lowest BCUT2D eigenvalue weighted by molar-refractivity contribution is -0.135. The summed E-state index contributed by atoms with van der Waals surface area (Å²) < 4.78 is 11.6. The van der Waals surface area contributed by atoms with Crippen molar-refractivity contribution in [3.63, 3.8) is 0 Å². The molecule has 2 aliphatic rings. The minimum atomic E-state index is -0.281. The fourth-order valence-electron chi connectivity index (χ4n) is 5.69. The molecule has 1 heterocycles. The average molecular weight is 498 g/mol. The van der Waals surface area contributed by atoms with Crippen LogP contribution in [-0.2, 0) is 9.59 Å². The Balaban J connectivity index is 1.68. The van der Waals surface area contributed by atoms with Gasteiger partial charge >= 0.3 is 5.97 Å². The van der Waals surface area contributed by atoms with Crippen LogP contribution in [0.5, 0.6) is 11.5 Å². The number of ketones is 1. The number of allylic oxidation sites excluding steroid dienone is 2. The molecule has 5 heteroatoms. The first-order valence-corrected chi connectivity index (χ1v) is 13.2. The third kappa shape index (κ3) is 4.87. The number of anilines is 1. The number of hydrogen-bond donors (Lipinski definition) is 1. The van der Waals surface area contributed by atoms with Crippen LogP contribution in [0.2, 0.25) is 0 Å². The minimum absolute atomic E-state index is 0.104. The van der Waals surface area contributed by atoms with E-state index in [0.717, 1.165) is 45.3 Å². The van der Waals surface area contributed by atoms with Gasteiger partial charge in [-0.05, 0) is 64.8 Å². The highest BCUT2D eigenvalue weighted by atomic mass is 16.6. The minimum Gasteiger partial charge on any atom is -0.490 e. The fraction of sp³-hybridized carbons (Fsp3) is 0.375. The molecule has 5 rings (SSSR count). The van der Waals surface area contributed by atoms with Crippen molar-refractivity contribution in [3.05, 3.63) is 77.0 Å². The molecule has 5 nitrogen and oxygen atoms in total. The summed E-state index contributed by atoms with van der Waals surface area (Å²) in [6.45, 7) is 10.6. The van der Waals surface area contributed by atoms with E-state index >= 15 is 0 Å². The van der Waals surface area contributed by atoms with Crippen LogP contribution in [0.15, 0.2) is 65.9 Å². The molecule has 0 radical (unpaired) electrons. The largest absolute Gasteiger partial charge is 0.490 e. The maximum absolute atomic E-state index is 13.7. The Morgan fingerprint density at radius 1 is 1.05 bits per heavy atom. The van der Waals surface area contributed by atoms with E-state index in [1.807, 2.05) is 51.1 Å². The van der Waals surface area contributed by atoms with Crippen LogP contribution in [-0.4, -0.2) is 18.4 Å². The molecule has 0 fully saturated rings. The summed E-state index contributed by atoms with van der Waals surface area (Å²) in [6, 6.07) is 18.3. The van der Waals surface area contributed by atoms with E-state index in [9.17, 15) is 9.59 Å². The van der Waals surface area contributed by atoms with Crippen molar-refractivity contribution in [1.82, 2.24) is 0 Å². The second kappa shape index (κ2) is 9.70. The Labute approximate surface area is 218 Å². The normalized spacial score (nSPS) is 18.3. The fourth-order valence-corrected chi connectivity index (χ4v) is 5.69. The van der Waals surface area contributed by atoms with E-state index < -0.39 is 0 Å². The lowest BCUT2D eigenvalue weighted by Gasteiger charge is -2.40. The zero-order valence-electron chi connectivity index (χ0n) is 22.3. The second-order valence-electron chi connectivity index (χ2n) is 11.4. The van der Waals surface area contributed by atoms with E-state index in [2.05, 4.69) is 43.4 Å². The first-order valence-electron chi connectivity index (χ1n) is 13.2. The van der Waals surface area contributed by atoms with Crippen molar-refractivity contribution < 1.29 is 19.1 Å². The molecule has 1 atom stereocenters. The number of benzene rings is 3. The number of carbonyl (C=O) groups is 2. The van der Waals surface area contributed by atoms with Gasteiger partial charge in [0.15, 0.2) is 17.3 Å². The quantitative estimate of drug-likeness (QED) is 0.284. The molecule has 0 spiro atoms. The van der Waals surface area contributed by atoms with E-state index in [1.54, 1.807) is 0 Å². The van der Waals surface area contributed by atoms with E-state index in [4.69, 9.17) is 9.47 Å². The van der Waals surface area contributed by atoms with Gasteiger partial charge in [0, 0.05) is 35.7 Å². The molecular weight excluding hydrogens is 462 g/mol. The molecule has 0 bridgehead atoms. The Morgan fingerprint density at radius 3 is 2.59 bits per heavy atom. The molecule has 3 aromatic carbocycles. The molecule has 0 amide bonds. The summed E-state index contributed by atoms with van der Waals surface area (Å²) >= 11 is 0. The molecule has 3 aromatic rings. The molecule has 0 saturated heterocycles. The Bertz CT molecular complexity index is 1420. The predicted octanol–water partition coefficient (Wildman–Crippen LogP) is 7.39. The molecule has 192 valence electrons. The lowest BCUT2D eigenvalue weighted by atomic mass is 9.68. The van der Waals surface area contributed by atoms with E-state index in [0.29, 0.717) is 30.9 Å². The van der Waals surface area contributed by atoms with Crippen LogP contribution >= 0.6 is 0 Å². The molecule has 0 aromatic heterocycles. The molecule has 1 unspecified atom stereocenters. The van der Waals surface area contributed by atoms with E-state index in [1.165, 1.54) is 0 Å². The molecule has 1 aliphatic carbocycles. The summed E-state index contributed by atoms with van der Waals surface area (Å²) in [6.07, 6.45) is 1.65. The maximum Gasteiger partial charge on any atom is 0.311 e. The zero-order valence-corrected chi connectivity index (χ0v) is 22.3. The molecule has 37 heavy (non-hydrogen) atoms. The zero-order chi connectivity index (χ0) is 26.3. The number of Topliss-reactive ketones (excluding diaryl/α,β-unsaturated/α-hetero) is 1. The molecular formula is C32H35NO4. The average Bonchev–Trinajstić information content (AvgIpc) is 2.82. The van der Waals surface area contributed by atoms with Crippen LogP contribution in [0.4, 0.5) is 5.69 Å². The predicted molar refractivity (Wildman–Crippen MR) is 147 cm³/mol. The van der Waals surface area contributed by atoms with Gasteiger partial charge in [-0.3, -0.25) is 9.59 Å². The monoisotopic (exact) mass is 497 g/mol. The van der Waals surface area contributed by atoms with Crippen molar-refractivity contribution in [3.8, 4) is 11.5 Å². The molecule has 1 aliphatic heterocycles. The third-order valence-corrected chi connectivity index (χ3v) is 7.15. The Hall–Kier alpha value is -3.60. The Morgan fingerprint density at radius 2 is 1.84 bits per heavy atom. The molecule has 0 saturated carbocycles. The summed E-state index contributed by atoms with van der Waals surface area (Å²) in [7, 11) is 0. The van der Waals surface area contributed by atoms with Gasteiger partial charge in [0.1, 0.15) is 0 Å². The van der Waals surface area contributed by atoms with Crippen molar-refractivity contribution in [2.24, 2.45) is 11.3 Å². The smallest absolute Gasteiger partial charge is 0.311 e. The van der Waals surface area contributed by atoms with Crippen molar-refractivity contribution in [2.45, 2.75) is 59.8 Å². The van der Waals surface area contributed by atoms with Gasteiger partial charge in [0.05, 0.1) is 6.61 Å². The van der Waals surface area contributed by atoms with Gasteiger partial charge in [-0.15, -0.1) is 0 Å². The highest BCUT2D eigenvalue weighted by Crippen LogP contribution is 2.51. The Kier molecular flexibility index (Phi) is 6.57. The number of hydrogen-bond acceptors (Lipinski definition) is 5. The van der Waals surface area contributed by atoms with Gasteiger partial charge in [-0.25, -0.2) is 0 Å².